The van der Waals surface area contributed by atoms with Gasteiger partial charge in [-0.05, 0) is 55.5 Å². The summed E-state index contributed by atoms with van der Waals surface area (Å²) in [5.74, 6) is -0.374. The van der Waals surface area contributed by atoms with Crippen LogP contribution >= 0.6 is 11.6 Å². The first kappa shape index (κ1) is 20.2. The van der Waals surface area contributed by atoms with Crippen molar-refractivity contribution in [3.63, 3.8) is 0 Å². The molecule has 1 N–H and O–H groups in total. The Bertz CT molecular complexity index is 992. The molecule has 0 aromatic heterocycles. The molecule has 0 bridgehead atoms. The van der Waals surface area contributed by atoms with Crippen LogP contribution in [0, 0.1) is 26.7 Å². The molecule has 2 aromatic rings. The van der Waals surface area contributed by atoms with Gasteiger partial charge < -0.3 is 5.32 Å². The number of carbonyl (C=O) groups excluding carboxylic acids is 2. The van der Waals surface area contributed by atoms with E-state index in [-0.39, 0.29) is 17.7 Å². The standard InChI is InChI=1S/C23H25ClN2O2/c1-13(2)12-26-22(27)20(17-10-9-14(3)11-15(17)4)21(23(26)28)25-19-8-6-7-18(24)16(19)5/h6-11,13,25H,12H2,1-5H3. The summed E-state index contributed by atoms with van der Waals surface area (Å²) >= 11 is 6.24. The molecule has 1 aliphatic heterocycles. The van der Waals surface area contributed by atoms with Gasteiger partial charge in [-0.25, -0.2) is 0 Å². The second kappa shape index (κ2) is 7.80. The van der Waals surface area contributed by atoms with Gasteiger partial charge in [0.15, 0.2) is 0 Å². The average molecular weight is 397 g/mol. The van der Waals surface area contributed by atoms with Crippen molar-refractivity contribution in [1.82, 2.24) is 4.90 Å². The Morgan fingerprint density at radius 1 is 1.04 bits per heavy atom. The number of nitrogens with one attached hydrogen (secondary N) is 1. The zero-order valence-electron chi connectivity index (χ0n) is 16.9. The first-order chi connectivity index (χ1) is 13.2. The van der Waals surface area contributed by atoms with E-state index in [2.05, 4.69) is 5.32 Å². The molecule has 1 aliphatic rings. The first-order valence-electron chi connectivity index (χ1n) is 9.41. The molecule has 5 heteroatoms. The van der Waals surface area contributed by atoms with Crippen LogP contribution in [0.4, 0.5) is 5.69 Å². The molecule has 146 valence electrons. The van der Waals surface area contributed by atoms with E-state index in [1.807, 2.05) is 65.0 Å². The summed E-state index contributed by atoms with van der Waals surface area (Å²) in [7, 11) is 0. The SMILES string of the molecule is Cc1ccc(C2=C(Nc3cccc(Cl)c3C)C(=O)N(CC(C)C)C2=O)c(C)c1. The highest BCUT2D eigenvalue weighted by Gasteiger charge is 2.40. The minimum absolute atomic E-state index is 0.181. The Morgan fingerprint density at radius 3 is 2.39 bits per heavy atom. The third-order valence-electron chi connectivity index (χ3n) is 4.89. The molecule has 28 heavy (non-hydrogen) atoms. The molecule has 2 aromatic carbocycles. The van der Waals surface area contributed by atoms with Gasteiger partial charge in [-0.1, -0.05) is 55.3 Å². The molecule has 0 atom stereocenters. The topological polar surface area (TPSA) is 49.4 Å². The van der Waals surface area contributed by atoms with Crippen molar-refractivity contribution in [1.29, 1.82) is 0 Å². The largest absolute Gasteiger partial charge is 0.350 e. The van der Waals surface area contributed by atoms with E-state index >= 15 is 0 Å². The van der Waals surface area contributed by atoms with Crippen LogP contribution < -0.4 is 5.32 Å². The number of rotatable bonds is 5. The fourth-order valence-electron chi connectivity index (χ4n) is 3.44. The number of imide groups is 1. The van der Waals surface area contributed by atoms with E-state index in [0.29, 0.717) is 22.8 Å². The smallest absolute Gasteiger partial charge is 0.278 e. The normalized spacial score (nSPS) is 14.5. The van der Waals surface area contributed by atoms with Crippen LogP contribution in [0.25, 0.3) is 5.57 Å². The van der Waals surface area contributed by atoms with Gasteiger partial charge in [0.2, 0.25) is 0 Å². The van der Waals surface area contributed by atoms with Crippen molar-refractivity contribution in [2.75, 3.05) is 11.9 Å². The molecule has 0 aliphatic carbocycles. The van der Waals surface area contributed by atoms with Crippen LogP contribution in [0.2, 0.25) is 5.02 Å². The summed E-state index contributed by atoms with van der Waals surface area (Å²) in [5.41, 5.74) is 5.13. The quantitative estimate of drug-likeness (QED) is 0.714. The van der Waals surface area contributed by atoms with Gasteiger partial charge in [-0.2, -0.15) is 0 Å². The Morgan fingerprint density at radius 2 is 1.75 bits per heavy atom. The number of anilines is 1. The lowest BCUT2D eigenvalue weighted by Gasteiger charge is -2.18. The van der Waals surface area contributed by atoms with Crippen molar-refractivity contribution in [3.05, 3.63) is 69.4 Å². The van der Waals surface area contributed by atoms with E-state index in [9.17, 15) is 9.59 Å². The molecule has 0 fully saturated rings. The lowest BCUT2D eigenvalue weighted by molar-refractivity contribution is -0.137. The summed E-state index contributed by atoms with van der Waals surface area (Å²) < 4.78 is 0. The van der Waals surface area contributed by atoms with Gasteiger partial charge in [0.05, 0.1) is 5.57 Å². The Hall–Kier alpha value is -2.59. The molecule has 2 amide bonds. The maximum atomic E-state index is 13.2. The van der Waals surface area contributed by atoms with Gasteiger partial charge in [0, 0.05) is 17.3 Å². The average Bonchev–Trinajstić information content (AvgIpc) is 2.83. The van der Waals surface area contributed by atoms with E-state index in [0.717, 1.165) is 27.9 Å². The summed E-state index contributed by atoms with van der Waals surface area (Å²) in [5, 5.41) is 3.81. The number of aryl methyl sites for hydroxylation is 2. The van der Waals surface area contributed by atoms with Crippen molar-refractivity contribution >= 4 is 34.7 Å². The molecule has 0 saturated carbocycles. The second-order valence-corrected chi connectivity index (χ2v) is 8.13. The fraction of sp³-hybridized carbons (Fsp3) is 0.304. The third-order valence-corrected chi connectivity index (χ3v) is 5.30. The van der Waals surface area contributed by atoms with Crippen LogP contribution in [0.5, 0.6) is 0 Å². The fourth-order valence-corrected chi connectivity index (χ4v) is 3.62. The minimum atomic E-state index is -0.298. The maximum Gasteiger partial charge on any atom is 0.278 e. The zero-order chi connectivity index (χ0) is 20.6. The molecule has 0 spiro atoms. The summed E-state index contributed by atoms with van der Waals surface area (Å²) in [6.07, 6.45) is 0. The molecule has 4 nitrogen and oxygen atoms in total. The van der Waals surface area contributed by atoms with Crippen molar-refractivity contribution < 1.29 is 9.59 Å². The highest BCUT2D eigenvalue weighted by molar-refractivity contribution is 6.37. The van der Waals surface area contributed by atoms with Gasteiger partial charge in [0.25, 0.3) is 11.8 Å². The molecular formula is C23H25ClN2O2. The molecular weight excluding hydrogens is 372 g/mol. The van der Waals surface area contributed by atoms with E-state index in [1.54, 1.807) is 6.07 Å². The van der Waals surface area contributed by atoms with E-state index in [1.165, 1.54) is 4.90 Å². The molecule has 1 heterocycles. The predicted molar refractivity (Wildman–Crippen MR) is 114 cm³/mol. The van der Waals surface area contributed by atoms with E-state index in [4.69, 9.17) is 11.6 Å². The van der Waals surface area contributed by atoms with Gasteiger partial charge in [-0.15, -0.1) is 0 Å². The van der Waals surface area contributed by atoms with Crippen LogP contribution in [0.3, 0.4) is 0 Å². The lowest BCUT2D eigenvalue weighted by atomic mass is 9.97. The Labute approximate surface area is 171 Å². The number of hydrogen-bond acceptors (Lipinski definition) is 3. The third kappa shape index (κ3) is 3.69. The van der Waals surface area contributed by atoms with Gasteiger partial charge >= 0.3 is 0 Å². The molecule has 3 rings (SSSR count). The van der Waals surface area contributed by atoms with Crippen LogP contribution in [-0.4, -0.2) is 23.3 Å². The monoisotopic (exact) mass is 396 g/mol. The first-order valence-corrected chi connectivity index (χ1v) is 9.78. The van der Waals surface area contributed by atoms with Gasteiger partial charge in [0.1, 0.15) is 5.70 Å². The van der Waals surface area contributed by atoms with Crippen LogP contribution in [-0.2, 0) is 9.59 Å². The maximum absolute atomic E-state index is 13.2. The highest BCUT2D eigenvalue weighted by atomic mass is 35.5. The predicted octanol–water partition coefficient (Wildman–Crippen LogP) is 5.11. The number of carbonyl (C=O) groups is 2. The number of benzene rings is 2. The van der Waals surface area contributed by atoms with Crippen molar-refractivity contribution in [2.24, 2.45) is 5.92 Å². The van der Waals surface area contributed by atoms with Crippen molar-refractivity contribution in [2.45, 2.75) is 34.6 Å². The lowest BCUT2D eigenvalue weighted by Crippen LogP contribution is -2.35. The molecule has 0 radical (unpaired) electrons. The Balaban J connectivity index is 2.15. The minimum Gasteiger partial charge on any atom is -0.350 e. The van der Waals surface area contributed by atoms with Crippen LogP contribution in [0.15, 0.2) is 42.1 Å². The number of nitrogens with zero attached hydrogens (tertiary/aromatic N) is 1. The number of amides is 2. The molecule has 0 saturated heterocycles. The van der Waals surface area contributed by atoms with E-state index < -0.39 is 0 Å². The summed E-state index contributed by atoms with van der Waals surface area (Å²) in [6, 6.07) is 11.4. The summed E-state index contributed by atoms with van der Waals surface area (Å²) in [4.78, 5) is 27.7. The Kier molecular flexibility index (Phi) is 5.61. The van der Waals surface area contributed by atoms with Gasteiger partial charge in [-0.3, -0.25) is 14.5 Å². The zero-order valence-corrected chi connectivity index (χ0v) is 17.6. The van der Waals surface area contributed by atoms with Crippen LogP contribution in [0.1, 0.15) is 36.1 Å². The number of halogens is 1. The van der Waals surface area contributed by atoms with Crippen molar-refractivity contribution in [3.8, 4) is 0 Å². The second-order valence-electron chi connectivity index (χ2n) is 7.72. The molecule has 0 unspecified atom stereocenters. The number of hydrogen-bond donors (Lipinski definition) is 1. The summed E-state index contributed by atoms with van der Waals surface area (Å²) in [6.45, 7) is 10.2. The highest BCUT2D eigenvalue weighted by Crippen LogP contribution is 2.34.